The highest BCUT2D eigenvalue weighted by Gasteiger charge is 1.99. The number of carboxylic acid groups (broad SMARTS) is 1. The Kier molecular flexibility index (Phi) is 4.43. The first-order chi connectivity index (χ1) is 7.15. The van der Waals surface area contributed by atoms with Crippen LogP contribution in [0.25, 0.3) is 6.08 Å². The second kappa shape index (κ2) is 5.61. The largest absolute Gasteiger partial charge is 0.545 e. The Morgan fingerprint density at radius 1 is 1.47 bits per heavy atom. The van der Waals surface area contributed by atoms with E-state index in [2.05, 4.69) is 6.92 Å². The van der Waals surface area contributed by atoms with Gasteiger partial charge < -0.3 is 9.90 Å². The quantitative estimate of drug-likeness (QED) is 0.576. The maximum atomic E-state index is 10.6. The summed E-state index contributed by atoms with van der Waals surface area (Å²) in [6, 6.07) is 7.74. The zero-order valence-corrected chi connectivity index (χ0v) is 9.64. The number of carbonyl (C=O) groups excluding carboxylic acids is 1. The Balaban J connectivity index is 3.03. The van der Waals surface area contributed by atoms with Crippen molar-refractivity contribution in [3.8, 4) is 0 Å². The van der Waals surface area contributed by atoms with Gasteiger partial charge in [-0.25, -0.2) is 0 Å². The Morgan fingerprint density at radius 2 is 2.13 bits per heavy atom. The van der Waals surface area contributed by atoms with Crippen molar-refractivity contribution in [2.45, 2.75) is 18.7 Å². The van der Waals surface area contributed by atoms with E-state index in [1.807, 2.05) is 24.3 Å². The Hall–Kier alpha value is -1.22. The predicted molar refractivity (Wildman–Crippen MR) is 61.5 cm³/mol. The normalized spacial score (nSPS) is 11.5. The lowest BCUT2D eigenvalue weighted by molar-refractivity contribution is -0.299. The van der Waals surface area contributed by atoms with E-state index in [1.54, 1.807) is 24.8 Å². The maximum absolute atomic E-state index is 10.6. The van der Waals surface area contributed by atoms with Crippen LogP contribution in [-0.4, -0.2) is 11.7 Å². The van der Waals surface area contributed by atoms with E-state index < -0.39 is 5.97 Å². The molecule has 1 rings (SSSR count). The fourth-order valence-corrected chi connectivity index (χ4v) is 1.96. The number of carboxylic acids is 1. The van der Waals surface area contributed by atoms with E-state index in [0.717, 1.165) is 16.2 Å². The average Bonchev–Trinajstić information content (AvgIpc) is 2.21. The van der Waals surface area contributed by atoms with Gasteiger partial charge in [-0.3, -0.25) is 0 Å². The lowest BCUT2D eigenvalue weighted by Crippen LogP contribution is -2.22. The number of hydrogen-bond acceptors (Lipinski definition) is 3. The van der Waals surface area contributed by atoms with E-state index in [4.69, 9.17) is 0 Å². The highest BCUT2D eigenvalue weighted by atomic mass is 32.2. The smallest absolute Gasteiger partial charge is 0.0672 e. The van der Waals surface area contributed by atoms with Crippen molar-refractivity contribution in [2.75, 3.05) is 5.75 Å². The van der Waals surface area contributed by atoms with Gasteiger partial charge in [-0.2, -0.15) is 0 Å². The summed E-state index contributed by atoms with van der Waals surface area (Å²) in [5.41, 5.74) is 1.19. The molecule has 0 aromatic heterocycles. The van der Waals surface area contributed by atoms with Crippen LogP contribution < -0.4 is 5.11 Å². The summed E-state index contributed by atoms with van der Waals surface area (Å²) in [5, 5.41) is 10.6. The minimum Gasteiger partial charge on any atom is -0.545 e. The first-order valence-electron chi connectivity index (χ1n) is 4.76. The monoisotopic (exact) mass is 221 g/mol. The number of thioether (sulfide) groups is 1. The standard InChI is InChI=1S/C12H14O2S/c1-3-15-11-7-5-4-6-10(11)8-9(2)12(13)14/h4-8H,3H2,1-2H3,(H,13,14)/p-1/b9-8+. The molecule has 0 fully saturated rings. The molecular weight excluding hydrogens is 208 g/mol. The number of carbonyl (C=O) groups is 1. The van der Waals surface area contributed by atoms with Gasteiger partial charge in [0.1, 0.15) is 0 Å². The third-order valence-corrected chi connectivity index (χ3v) is 2.88. The van der Waals surface area contributed by atoms with Crippen LogP contribution in [0.1, 0.15) is 19.4 Å². The van der Waals surface area contributed by atoms with Gasteiger partial charge in [0.25, 0.3) is 0 Å². The fraction of sp³-hybridized carbons (Fsp3) is 0.250. The second-order valence-corrected chi connectivity index (χ2v) is 4.39. The van der Waals surface area contributed by atoms with Gasteiger partial charge in [-0.05, 0) is 36.0 Å². The van der Waals surface area contributed by atoms with Gasteiger partial charge in [-0.15, -0.1) is 11.8 Å². The molecule has 2 nitrogen and oxygen atoms in total. The van der Waals surface area contributed by atoms with E-state index in [9.17, 15) is 9.90 Å². The molecule has 0 N–H and O–H groups in total. The van der Waals surface area contributed by atoms with Crippen molar-refractivity contribution < 1.29 is 9.90 Å². The van der Waals surface area contributed by atoms with Crippen molar-refractivity contribution in [1.82, 2.24) is 0 Å². The van der Waals surface area contributed by atoms with Crippen molar-refractivity contribution in [2.24, 2.45) is 0 Å². The molecule has 0 spiro atoms. The molecule has 15 heavy (non-hydrogen) atoms. The molecule has 1 aromatic carbocycles. The van der Waals surface area contributed by atoms with Crippen LogP contribution in [0.15, 0.2) is 34.7 Å². The first kappa shape index (κ1) is 11.9. The molecule has 0 radical (unpaired) electrons. The lowest BCUT2D eigenvalue weighted by Gasteiger charge is -2.06. The molecule has 0 heterocycles. The number of hydrogen-bond donors (Lipinski definition) is 0. The molecule has 0 atom stereocenters. The highest BCUT2D eigenvalue weighted by Crippen LogP contribution is 2.24. The minimum atomic E-state index is -1.12. The Morgan fingerprint density at radius 3 is 2.73 bits per heavy atom. The number of benzene rings is 1. The minimum absolute atomic E-state index is 0.249. The van der Waals surface area contributed by atoms with Crippen LogP contribution in [0, 0.1) is 0 Å². The second-order valence-electron chi connectivity index (χ2n) is 3.09. The molecule has 1 aromatic rings. The molecule has 0 amide bonds. The van der Waals surface area contributed by atoms with E-state index in [1.165, 1.54) is 0 Å². The van der Waals surface area contributed by atoms with Crippen molar-refractivity contribution in [3.05, 3.63) is 35.4 Å². The SMILES string of the molecule is CCSc1ccccc1/C=C(\C)C(=O)[O-]. The zero-order valence-electron chi connectivity index (χ0n) is 8.82. The van der Waals surface area contributed by atoms with E-state index >= 15 is 0 Å². The van der Waals surface area contributed by atoms with Crippen LogP contribution in [-0.2, 0) is 4.79 Å². The molecule has 3 heteroatoms. The van der Waals surface area contributed by atoms with Crippen LogP contribution in [0.3, 0.4) is 0 Å². The molecule has 0 aliphatic carbocycles. The molecule has 0 unspecified atom stereocenters. The number of rotatable bonds is 4. The molecule has 0 bridgehead atoms. The first-order valence-corrected chi connectivity index (χ1v) is 5.75. The third kappa shape index (κ3) is 3.44. The van der Waals surface area contributed by atoms with Gasteiger partial charge in [0.2, 0.25) is 0 Å². The number of aliphatic carboxylic acids is 1. The lowest BCUT2D eigenvalue weighted by atomic mass is 10.1. The van der Waals surface area contributed by atoms with Gasteiger partial charge in [0, 0.05) is 4.90 Å². The van der Waals surface area contributed by atoms with Crippen molar-refractivity contribution in [1.29, 1.82) is 0 Å². The molecule has 0 aliphatic rings. The summed E-state index contributed by atoms with van der Waals surface area (Å²) in [7, 11) is 0. The molecule has 80 valence electrons. The fourth-order valence-electron chi connectivity index (χ4n) is 1.18. The Labute approximate surface area is 94.0 Å². The molecule has 0 saturated carbocycles. The summed E-state index contributed by atoms with van der Waals surface area (Å²) in [6.07, 6.45) is 1.65. The summed E-state index contributed by atoms with van der Waals surface area (Å²) in [4.78, 5) is 11.7. The van der Waals surface area contributed by atoms with Crippen LogP contribution >= 0.6 is 11.8 Å². The topological polar surface area (TPSA) is 40.1 Å². The molecular formula is C12H13O2S-. The van der Waals surface area contributed by atoms with Crippen LogP contribution in [0.5, 0.6) is 0 Å². The highest BCUT2D eigenvalue weighted by molar-refractivity contribution is 7.99. The van der Waals surface area contributed by atoms with E-state index in [0.29, 0.717) is 0 Å². The molecule has 0 saturated heterocycles. The summed E-state index contributed by atoms with van der Waals surface area (Å²) >= 11 is 1.70. The predicted octanol–water partition coefficient (Wildman–Crippen LogP) is 1.95. The zero-order chi connectivity index (χ0) is 11.3. The van der Waals surface area contributed by atoms with Crippen LogP contribution in [0.2, 0.25) is 0 Å². The summed E-state index contributed by atoms with van der Waals surface area (Å²) < 4.78 is 0. The molecule has 0 aliphatic heterocycles. The van der Waals surface area contributed by atoms with Crippen molar-refractivity contribution in [3.63, 3.8) is 0 Å². The van der Waals surface area contributed by atoms with Crippen LogP contribution in [0.4, 0.5) is 0 Å². The van der Waals surface area contributed by atoms with Gasteiger partial charge in [0.15, 0.2) is 0 Å². The summed E-state index contributed by atoms with van der Waals surface area (Å²) in [6.45, 7) is 3.61. The van der Waals surface area contributed by atoms with E-state index in [-0.39, 0.29) is 5.57 Å². The third-order valence-electron chi connectivity index (χ3n) is 1.91. The van der Waals surface area contributed by atoms with Gasteiger partial charge in [0.05, 0.1) is 5.97 Å². The van der Waals surface area contributed by atoms with Crippen molar-refractivity contribution >= 4 is 23.8 Å². The maximum Gasteiger partial charge on any atom is 0.0672 e. The van der Waals surface area contributed by atoms with Gasteiger partial charge >= 0.3 is 0 Å². The Bertz CT molecular complexity index is 383. The summed E-state index contributed by atoms with van der Waals surface area (Å²) in [5.74, 6) is -0.152. The average molecular weight is 221 g/mol. The van der Waals surface area contributed by atoms with Gasteiger partial charge in [-0.1, -0.05) is 25.1 Å².